The molecule has 6 heterocycles. The first-order valence-electron chi connectivity index (χ1n) is 26.4. The van der Waals surface area contributed by atoms with Gasteiger partial charge in [0.05, 0.1) is 31.3 Å². The first-order valence-corrected chi connectivity index (χ1v) is 26.4. The fraction of sp³-hybridized carbons (Fsp3) is 0.308. The minimum Gasteiger partial charge on any atom is -0.505 e. The summed E-state index contributed by atoms with van der Waals surface area (Å²) in [6.07, 6.45) is -3.74. The van der Waals surface area contributed by atoms with Crippen molar-refractivity contribution in [3.05, 3.63) is 88.0 Å². The number of carbonyl (C=O) groups excluding carboxylic acids is 6. The van der Waals surface area contributed by atoms with Crippen molar-refractivity contribution in [1.82, 2.24) is 19.6 Å². The topological polar surface area (TPSA) is 708 Å². The lowest BCUT2D eigenvalue weighted by Gasteiger charge is -2.56. The molecular formula is C52H54N12O30. The number of aromatic nitrogens is 4. The lowest BCUT2D eigenvalue weighted by Crippen LogP contribution is -2.88. The van der Waals surface area contributed by atoms with Crippen molar-refractivity contribution in [2.75, 3.05) is 33.5 Å². The summed E-state index contributed by atoms with van der Waals surface area (Å²) in [4.78, 5) is 80.3. The summed E-state index contributed by atoms with van der Waals surface area (Å²) in [6, 6.07) is 9.85. The molecular weight excluding hydrogens is 1270 g/mol. The number of nitrogens with zero attached hydrogens (tertiary/aromatic N) is 8. The van der Waals surface area contributed by atoms with Crippen LogP contribution in [-0.4, -0.2) is 228 Å². The van der Waals surface area contributed by atoms with Crippen LogP contribution in [0.1, 0.15) is 72.0 Å². The molecule has 4 aromatic carbocycles. The van der Waals surface area contributed by atoms with Gasteiger partial charge in [0, 0.05) is 23.1 Å². The lowest BCUT2D eigenvalue weighted by molar-refractivity contribution is -0.505. The first kappa shape index (κ1) is 66.6. The highest BCUT2D eigenvalue weighted by Crippen LogP contribution is 2.61. The van der Waals surface area contributed by atoms with Crippen molar-refractivity contribution in [3.8, 4) is 63.1 Å². The van der Waals surface area contributed by atoms with Gasteiger partial charge in [-0.1, -0.05) is 0 Å². The molecule has 0 bridgehead atoms. The molecule has 29 N–H and O–H groups in total. The summed E-state index contributed by atoms with van der Waals surface area (Å²) in [5.41, 5.74) is 9.73. The van der Waals surface area contributed by atoms with Gasteiger partial charge in [0.2, 0.25) is 23.4 Å². The summed E-state index contributed by atoms with van der Waals surface area (Å²) in [5.74, 6) is -57.1. The maximum Gasteiger partial charge on any atom is 0.316 e. The number of primary amides is 2. The van der Waals surface area contributed by atoms with E-state index in [1.54, 1.807) is 0 Å². The van der Waals surface area contributed by atoms with Gasteiger partial charge in [0.15, 0.2) is 58.3 Å². The monoisotopic (exact) mass is 1330 g/mol. The zero-order valence-electron chi connectivity index (χ0n) is 47.9. The Hall–Kier alpha value is -10.4. The van der Waals surface area contributed by atoms with Crippen LogP contribution >= 0.6 is 0 Å². The molecule has 0 spiro atoms. The number of hydrogen-bond acceptors (Lipinski definition) is 34. The smallest absolute Gasteiger partial charge is 0.316 e. The second-order valence-corrected chi connectivity index (χ2v) is 22.0. The van der Waals surface area contributed by atoms with Gasteiger partial charge in [-0.2, -0.15) is 10.2 Å². The van der Waals surface area contributed by atoms with E-state index in [0.29, 0.717) is 10.4 Å². The number of nitrogens with two attached hydrogens (primary N) is 4. The number of aliphatic hydroxyl groups is 14. The Bertz CT molecular complexity index is 4230. The number of ether oxygens (including phenoxy) is 3. The Kier molecular flexibility index (Phi) is 14.7. The predicted octanol–water partition coefficient (Wildman–Crippen LogP) is -8.98. The van der Waals surface area contributed by atoms with E-state index in [4.69, 9.17) is 37.1 Å². The third kappa shape index (κ3) is 8.87. The molecule has 2 fully saturated rings. The van der Waals surface area contributed by atoms with Crippen LogP contribution in [0.4, 0.5) is 22.7 Å². The molecule has 0 radical (unpaired) electrons. The quantitative estimate of drug-likeness (QED) is 0.0290. The Morgan fingerprint density at radius 1 is 0.543 bits per heavy atom. The third-order valence-electron chi connectivity index (χ3n) is 16.4. The zero-order valence-corrected chi connectivity index (χ0v) is 47.9. The number of methoxy groups -OCH3 is 1. The van der Waals surface area contributed by atoms with Crippen LogP contribution < -0.4 is 52.0 Å². The highest BCUT2D eigenvalue weighted by atomic mass is 16.7. The highest BCUT2D eigenvalue weighted by molar-refractivity contribution is 6.15. The maximum absolute atomic E-state index is 14.6. The summed E-state index contributed by atoms with van der Waals surface area (Å²) >= 11 is 0. The molecule has 4 aliphatic heterocycles. The van der Waals surface area contributed by atoms with Crippen molar-refractivity contribution >= 4 is 58.2 Å². The van der Waals surface area contributed by atoms with Crippen molar-refractivity contribution < 1.29 is 150 Å². The van der Waals surface area contributed by atoms with Crippen molar-refractivity contribution in [2.45, 2.75) is 85.4 Å². The molecule has 502 valence electrons. The number of aromatic hydroxyl groups is 7. The fourth-order valence-electron chi connectivity index (χ4n) is 11.2. The first-order chi connectivity index (χ1) is 43.2. The number of phenolic OH excluding ortho intramolecular Hbond substituents is 7. The second-order valence-electron chi connectivity index (χ2n) is 22.0. The lowest BCUT2D eigenvalue weighted by atomic mass is 9.80. The van der Waals surface area contributed by atoms with E-state index in [2.05, 4.69) is 10.2 Å². The third-order valence-corrected chi connectivity index (χ3v) is 16.4. The molecule has 6 amide bonds. The van der Waals surface area contributed by atoms with Gasteiger partial charge in [-0.15, -0.1) is 0 Å². The molecule has 10 rings (SSSR count). The number of carbonyl (C=O) groups is 6. The van der Waals surface area contributed by atoms with Gasteiger partial charge in [-0.3, -0.25) is 50.0 Å². The molecule has 6 aromatic rings. The van der Waals surface area contributed by atoms with Crippen LogP contribution in [0, 0.1) is 6.92 Å². The number of piperidine rings is 2. The summed E-state index contributed by atoms with van der Waals surface area (Å²) in [7, 11) is 1.37. The molecule has 42 nitrogen and oxygen atoms in total. The number of rotatable bonds is 13. The summed E-state index contributed by atoms with van der Waals surface area (Å²) in [6.45, 7) is 0.458. The largest absolute Gasteiger partial charge is 0.505 e. The Morgan fingerprint density at radius 2 is 0.957 bits per heavy atom. The van der Waals surface area contributed by atoms with Gasteiger partial charge in [-0.05, 0) is 62.4 Å². The van der Waals surface area contributed by atoms with Crippen molar-refractivity contribution in [2.24, 2.45) is 22.9 Å². The maximum atomic E-state index is 14.6. The Balaban J connectivity index is 0.939. The summed E-state index contributed by atoms with van der Waals surface area (Å²) < 4.78 is 17.9. The minimum absolute atomic E-state index is 0.0701. The number of benzene rings is 4. The standard InChI is InChI=1S/C52H54N12O30/c1-16-26(33(67)34(68)29(32(16)66)60-41(75)27-21(12-46(60,55)80)24(39(53)73)57-63(27)17-4-8-19(92-3)9-5-17)59-23(65)14-45(78,79)44(2,51(59,56)89)94-15-93-20-10-6-18(7-11-20)64-28-22(25(58-64)40(54)74)13-47(81,82)61(42(28)76)30-35(69)37(71)31(38(72)36(30)70)62-43(77)48(83,84)49(85,86)50(87,88)52(62,90)91/h4-11,66-72,78-91H,12-15,55-56H2,1-3H3,(H2,53,73)(H2,54,74). The SMILES string of the molecule is COc1ccc(-n2nc(C(N)=O)c3c2C(=O)N(c2c(O)c(C)c(N4C(=O)CC(O)(O)C(C)(OCOc5ccc(-n6nc(C(N)=O)c7c6C(=O)N(c6c(O)c(O)c(N8C(=O)C(O)(O)C(O)(O)C(O)(O)C8(O)O)c(O)c6O)C(O)(O)C7)cc5)C4(N)O)c(O)c2O)C(N)(O)C3)cc1. The van der Waals surface area contributed by atoms with Crippen LogP contribution in [0.25, 0.3) is 11.4 Å². The van der Waals surface area contributed by atoms with E-state index in [9.17, 15) is 136 Å². The van der Waals surface area contributed by atoms with E-state index in [1.165, 1.54) is 31.4 Å². The molecule has 2 aromatic heterocycles. The molecule has 0 aliphatic carbocycles. The van der Waals surface area contributed by atoms with Crippen LogP contribution in [0.3, 0.4) is 0 Å². The molecule has 94 heavy (non-hydrogen) atoms. The number of fused-ring (bicyclic) bond motifs is 2. The van der Waals surface area contributed by atoms with Gasteiger partial charge in [0.1, 0.15) is 51.4 Å². The number of amides is 6. The molecule has 4 aliphatic rings. The van der Waals surface area contributed by atoms with E-state index >= 15 is 0 Å². The average Bonchev–Trinajstić information content (AvgIpc) is 0.882. The van der Waals surface area contributed by atoms with E-state index in [0.717, 1.165) is 42.8 Å². The predicted molar refractivity (Wildman–Crippen MR) is 297 cm³/mol. The van der Waals surface area contributed by atoms with Gasteiger partial charge in [0.25, 0.3) is 41.2 Å². The molecule has 2 saturated heterocycles. The minimum atomic E-state index is -5.12. The van der Waals surface area contributed by atoms with E-state index < -0.39 is 220 Å². The zero-order chi connectivity index (χ0) is 70.2. The average molecular weight is 1330 g/mol. The van der Waals surface area contributed by atoms with Gasteiger partial charge in [-0.25, -0.2) is 19.2 Å². The van der Waals surface area contributed by atoms with Gasteiger partial charge >= 0.3 is 17.5 Å². The van der Waals surface area contributed by atoms with E-state index in [-0.39, 0.29) is 32.5 Å². The highest BCUT2D eigenvalue weighted by Gasteiger charge is 2.81. The number of hydrogen-bond donors (Lipinski definition) is 25. The number of phenols is 7. The molecule has 3 unspecified atom stereocenters. The Labute approximate surface area is 519 Å². The van der Waals surface area contributed by atoms with Crippen LogP contribution in [0.15, 0.2) is 48.5 Å². The van der Waals surface area contributed by atoms with Gasteiger partial charge < -0.3 is 133 Å². The van der Waals surface area contributed by atoms with Crippen LogP contribution in [-0.2, 0) is 27.2 Å². The van der Waals surface area contributed by atoms with E-state index in [1.807, 2.05) is 0 Å². The van der Waals surface area contributed by atoms with Crippen molar-refractivity contribution in [1.29, 1.82) is 0 Å². The number of anilines is 4. The molecule has 3 atom stereocenters. The molecule has 42 heteroatoms. The summed E-state index contributed by atoms with van der Waals surface area (Å²) in [5, 5.41) is 240. The normalized spacial score (nSPS) is 23.3. The van der Waals surface area contributed by atoms with Crippen LogP contribution in [0.5, 0.6) is 51.7 Å². The fourth-order valence-corrected chi connectivity index (χ4v) is 11.2. The van der Waals surface area contributed by atoms with Crippen LogP contribution in [0.2, 0.25) is 0 Å². The Morgan fingerprint density at radius 3 is 1.41 bits per heavy atom. The van der Waals surface area contributed by atoms with Crippen molar-refractivity contribution in [3.63, 3.8) is 0 Å². The molecule has 0 saturated carbocycles. The second kappa shape index (κ2) is 20.8.